The number of urea groups is 1. The minimum atomic E-state index is -0.173. The van der Waals surface area contributed by atoms with Crippen LogP contribution in [0.3, 0.4) is 0 Å². The maximum absolute atomic E-state index is 12.3. The van der Waals surface area contributed by atoms with Crippen molar-refractivity contribution in [3.05, 3.63) is 11.4 Å². The first-order valence-electron chi connectivity index (χ1n) is 8.08. The van der Waals surface area contributed by atoms with Gasteiger partial charge in [-0.1, -0.05) is 6.92 Å². The molecule has 1 fully saturated rings. The molecular formula is C16H28N4O2. The average Bonchev–Trinajstić information content (AvgIpc) is 2.66. The molecule has 0 bridgehead atoms. The summed E-state index contributed by atoms with van der Waals surface area (Å²) in [4.78, 5) is 12.3. The molecule has 6 heteroatoms. The van der Waals surface area contributed by atoms with Crippen LogP contribution in [0.25, 0.3) is 0 Å². The van der Waals surface area contributed by atoms with E-state index >= 15 is 0 Å². The van der Waals surface area contributed by atoms with Crippen LogP contribution < -0.4 is 10.6 Å². The zero-order valence-electron chi connectivity index (χ0n) is 14.3. The quantitative estimate of drug-likeness (QED) is 0.898. The van der Waals surface area contributed by atoms with Gasteiger partial charge in [0.15, 0.2) is 0 Å². The van der Waals surface area contributed by atoms with Gasteiger partial charge in [-0.15, -0.1) is 0 Å². The molecule has 1 atom stereocenters. The predicted octanol–water partition coefficient (Wildman–Crippen LogP) is 2.99. The molecule has 1 unspecified atom stereocenters. The topological polar surface area (TPSA) is 68.2 Å². The molecule has 124 valence electrons. The largest absolute Gasteiger partial charge is 0.375 e. The standard InChI is InChI=1S/C16H28N4O2/c1-6-8-20-12(3)14(11(2)19-20)18-15(21)17-13-7-9-22-16(4,5)10-13/h13H,6-10H2,1-5H3,(H2,17,18,21). The highest BCUT2D eigenvalue weighted by Crippen LogP contribution is 2.24. The maximum Gasteiger partial charge on any atom is 0.319 e. The van der Waals surface area contributed by atoms with Gasteiger partial charge in [-0.3, -0.25) is 4.68 Å². The Morgan fingerprint density at radius 1 is 1.45 bits per heavy atom. The molecule has 2 amide bonds. The smallest absolute Gasteiger partial charge is 0.319 e. The number of amides is 2. The van der Waals surface area contributed by atoms with Crippen molar-refractivity contribution < 1.29 is 9.53 Å². The number of carbonyl (C=O) groups excluding carboxylic acids is 1. The van der Waals surface area contributed by atoms with Gasteiger partial charge in [-0.25, -0.2) is 4.79 Å². The molecule has 2 heterocycles. The van der Waals surface area contributed by atoms with Gasteiger partial charge in [-0.05, 0) is 47.0 Å². The van der Waals surface area contributed by atoms with E-state index in [1.54, 1.807) is 0 Å². The highest BCUT2D eigenvalue weighted by molar-refractivity contribution is 5.90. The van der Waals surface area contributed by atoms with Crippen molar-refractivity contribution in [1.29, 1.82) is 0 Å². The number of ether oxygens (including phenoxy) is 1. The van der Waals surface area contributed by atoms with Gasteiger partial charge in [0.2, 0.25) is 0 Å². The van der Waals surface area contributed by atoms with E-state index in [4.69, 9.17) is 4.74 Å². The van der Waals surface area contributed by atoms with Crippen molar-refractivity contribution in [2.24, 2.45) is 0 Å². The molecule has 0 radical (unpaired) electrons. The number of aryl methyl sites for hydroxylation is 2. The zero-order chi connectivity index (χ0) is 16.3. The van der Waals surface area contributed by atoms with Crippen LogP contribution in [0, 0.1) is 13.8 Å². The number of hydrogen-bond donors (Lipinski definition) is 2. The summed E-state index contributed by atoms with van der Waals surface area (Å²) in [5, 5.41) is 10.5. The molecule has 0 aliphatic carbocycles. The average molecular weight is 308 g/mol. The van der Waals surface area contributed by atoms with Crippen LogP contribution in [0.4, 0.5) is 10.5 Å². The van der Waals surface area contributed by atoms with Gasteiger partial charge in [0, 0.05) is 19.2 Å². The Morgan fingerprint density at radius 2 is 2.18 bits per heavy atom. The highest BCUT2D eigenvalue weighted by Gasteiger charge is 2.29. The lowest BCUT2D eigenvalue weighted by molar-refractivity contribution is -0.0609. The minimum Gasteiger partial charge on any atom is -0.375 e. The molecule has 2 rings (SSSR count). The van der Waals surface area contributed by atoms with Gasteiger partial charge in [-0.2, -0.15) is 5.10 Å². The van der Waals surface area contributed by atoms with Crippen molar-refractivity contribution in [1.82, 2.24) is 15.1 Å². The number of anilines is 1. The van der Waals surface area contributed by atoms with Crippen LogP contribution in [-0.4, -0.2) is 34.1 Å². The van der Waals surface area contributed by atoms with Crippen LogP contribution >= 0.6 is 0 Å². The molecule has 0 spiro atoms. The summed E-state index contributed by atoms with van der Waals surface area (Å²) in [6.07, 6.45) is 2.70. The van der Waals surface area contributed by atoms with Crippen LogP contribution in [-0.2, 0) is 11.3 Å². The summed E-state index contributed by atoms with van der Waals surface area (Å²) < 4.78 is 7.63. The van der Waals surface area contributed by atoms with Crippen molar-refractivity contribution in [3.63, 3.8) is 0 Å². The van der Waals surface area contributed by atoms with E-state index in [2.05, 4.69) is 36.5 Å². The number of rotatable bonds is 4. The fourth-order valence-electron chi connectivity index (χ4n) is 3.00. The maximum atomic E-state index is 12.3. The van der Waals surface area contributed by atoms with Crippen LogP contribution in [0.1, 0.15) is 51.4 Å². The molecule has 1 aliphatic heterocycles. The first kappa shape index (κ1) is 16.8. The van der Waals surface area contributed by atoms with Crippen molar-refractivity contribution in [2.45, 2.75) is 72.1 Å². The Morgan fingerprint density at radius 3 is 2.82 bits per heavy atom. The van der Waals surface area contributed by atoms with Crippen LogP contribution in [0.2, 0.25) is 0 Å². The van der Waals surface area contributed by atoms with E-state index in [1.165, 1.54) is 0 Å². The van der Waals surface area contributed by atoms with Crippen molar-refractivity contribution in [3.8, 4) is 0 Å². The normalized spacial score (nSPS) is 20.7. The Bertz CT molecular complexity index is 536. The number of nitrogens with one attached hydrogen (secondary N) is 2. The summed E-state index contributed by atoms with van der Waals surface area (Å²) in [5.74, 6) is 0. The monoisotopic (exact) mass is 308 g/mol. The number of nitrogens with zero attached hydrogens (tertiary/aromatic N) is 2. The first-order valence-corrected chi connectivity index (χ1v) is 8.08. The predicted molar refractivity (Wildman–Crippen MR) is 87.2 cm³/mol. The molecule has 2 N–H and O–H groups in total. The lowest BCUT2D eigenvalue weighted by atomic mass is 9.94. The third-order valence-corrected chi connectivity index (χ3v) is 4.09. The zero-order valence-corrected chi connectivity index (χ0v) is 14.3. The number of aromatic nitrogens is 2. The van der Waals surface area contributed by atoms with E-state index in [-0.39, 0.29) is 17.7 Å². The molecule has 0 saturated carbocycles. The first-order chi connectivity index (χ1) is 10.3. The molecule has 22 heavy (non-hydrogen) atoms. The van der Waals surface area contributed by atoms with Gasteiger partial charge in [0.1, 0.15) is 0 Å². The third kappa shape index (κ3) is 4.00. The Kier molecular flexibility index (Phi) is 5.11. The summed E-state index contributed by atoms with van der Waals surface area (Å²) in [7, 11) is 0. The van der Waals surface area contributed by atoms with E-state index < -0.39 is 0 Å². The van der Waals surface area contributed by atoms with Crippen molar-refractivity contribution >= 4 is 11.7 Å². The lowest BCUT2D eigenvalue weighted by Gasteiger charge is -2.35. The van der Waals surface area contributed by atoms with Gasteiger partial charge < -0.3 is 15.4 Å². The summed E-state index contributed by atoms with van der Waals surface area (Å²) in [5.41, 5.74) is 2.50. The van der Waals surface area contributed by atoms with Crippen LogP contribution in [0.5, 0.6) is 0 Å². The third-order valence-electron chi connectivity index (χ3n) is 4.09. The molecular weight excluding hydrogens is 280 g/mol. The second-order valence-electron chi connectivity index (χ2n) is 6.67. The summed E-state index contributed by atoms with van der Waals surface area (Å²) >= 11 is 0. The molecule has 1 aromatic heterocycles. The van der Waals surface area contributed by atoms with E-state index in [9.17, 15) is 4.79 Å². The summed E-state index contributed by atoms with van der Waals surface area (Å²) in [6.45, 7) is 11.7. The second kappa shape index (κ2) is 6.69. The highest BCUT2D eigenvalue weighted by atomic mass is 16.5. The fraction of sp³-hybridized carbons (Fsp3) is 0.750. The Labute approximate surface area is 132 Å². The van der Waals surface area contributed by atoms with Gasteiger partial charge in [0.05, 0.1) is 22.7 Å². The number of carbonyl (C=O) groups is 1. The Balaban J connectivity index is 1.97. The van der Waals surface area contributed by atoms with E-state index in [0.717, 1.165) is 42.9 Å². The SMILES string of the molecule is CCCn1nc(C)c(NC(=O)NC2CCOC(C)(C)C2)c1C. The van der Waals surface area contributed by atoms with Crippen LogP contribution in [0.15, 0.2) is 0 Å². The van der Waals surface area contributed by atoms with E-state index in [0.29, 0.717) is 6.61 Å². The van der Waals surface area contributed by atoms with Gasteiger partial charge in [0.25, 0.3) is 0 Å². The molecule has 1 aliphatic rings. The van der Waals surface area contributed by atoms with Crippen molar-refractivity contribution in [2.75, 3.05) is 11.9 Å². The fourth-order valence-corrected chi connectivity index (χ4v) is 3.00. The second-order valence-corrected chi connectivity index (χ2v) is 6.67. The lowest BCUT2D eigenvalue weighted by Crippen LogP contribution is -2.47. The molecule has 6 nitrogen and oxygen atoms in total. The minimum absolute atomic E-state index is 0.148. The number of hydrogen-bond acceptors (Lipinski definition) is 3. The van der Waals surface area contributed by atoms with E-state index in [1.807, 2.05) is 18.5 Å². The summed E-state index contributed by atoms with van der Waals surface area (Å²) in [6, 6.07) is -0.0139. The molecule has 0 aromatic carbocycles. The Hall–Kier alpha value is -1.56. The molecule has 1 saturated heterocycles. The molecule has 1 aromatic rings. The van der Waals surface area contributed by atoms with Gasteiger partial charge >= 0.3 is 6.03 Å².